The normalized spacial score (nSPS) is 31.3. The number of aliphatic carboxylic acids is 1. The predicted molar refractivity (Wildman–Crippen MR) is 84.0 cm³/mol. The lowest BCUT2D eigenvalue weighted by Gasteiger charge is -2.37. The van der Waals surface area contributed by atoms with Crippen molar-refractivity contribution in [2.75, 3.05) is 4.90 Å². The Bertz CT molecular complexity index is 716. The molecule has 0 spiro atoms. The second-order valence-corrected chi connectivity index (χ2v) is 7.58. The number of para-hydroxylation sites is 1. The summed E-state index contributed by atoms with van der Waals surface area (Å²) < 4.78 is 0. The van der Waals surface area contributed by atoms with Gasteiger partial charge < -0.3 is 10.4 Å². The summed E-state index contributed by atoms with van der Waals surface area (Å²) in [7, 11) is 0. The van der Waals surface area contributed by atoms with Crippen LogP contribution in [0.25, 0.3) is 0 Å². The molecule has 1 aromatic rings. The summed E-state index contributed by atoms with van der Waals surface area (Å²) in [4.78, 5) is 37.7. The lowest BCUT2D eigenvalue weighted by molar-refractivity contribution is -0.146. The van der Waals surface area contributed by atoms with Crippen LogP contribution in [0.3, 0.4) is 0 Å². The first kappa shape index (κ1) is 14.6. The topological polar surface area (TPSA) is 86.7 Å². The summed E-state index contributed by atoms with van der Waals surface area (Å²) in [5.74, 6) is -1.39. The van der Waals surface area contributed by atoms with E-state index in [1.54, 1.807) is 4.90 Å². The minimum atomic E-state index is -0.908. The molecule has 1 saturated heterocycles. The molecule has 2 amide bonds. The molecule has 23 heavy (non-hydrogen) atoms. The number of hydrogen-bond donors (Lipinski definition) is 2. The Kier molecular flexibility index (Phi) is 3.16. The van der Waals surface area contributed by atoms with Crippen LogP contribution in [0.1, 0.15) is 25.7 Å². The van der Waals surface area contributed by atoms with Crippen LogP contribution >= 0.6 is 11.8 Å². The van der Waals surface area contributed by atoms with Gasteiger partial charge >= 0.3 is 5.97 Å². The van der Waals surface area contributed by atoms with Crippen molar-refractivity contribution in [3.63, 3.8) is 0 Å². The van der Waals surface area contributed by atoms with Crippen molar-refractivity contribution in [1.82, 2.24) is 5.32 Å². The maximum atomic E-state index is 12.9. The quantitative estimate of drug-likeness (QED) is 0.878. The first-order valence-electron chi connectivity index (χ1n) is 7.66. The number of anilines is 1. The molecule has 1 aliphatic carbocycles. The third-order valence-electron chi connectivity index (χ3n) is 4.85. The van der Waals surface area contributed by atoms with E-state index in [9.17, 15) is 14.4 Å². The van der Waals surface area contributed by atoms with Gasteiger partial charge in [-0.25, -0.2) is 0 Å². The highest BCUT2D eigenvalue weighted by atomic mass is 32.2. The number of amides is 2. The minimum absolute atomic E-state index is 0.0328. The Morgan fingerprint density at radius 3 is 2.78 bits per heavy atom. The van der Waals surface area contributed by atoms with Crippen LogP contribution in [0, 0.1) is 5.92 Å². The van der Waals surface area contributed by atoms with E-state index >= 15 is 0 Å². The zero-order valence-corrected chi connectivity index (χ0v) is 13.1. The summed E-state index contributed by atoms with van der Waals surface area (Å²) in [5.41, 5.74) is 0.798. The van der Waals surface area contributed by atoms with Crippen molar-refractivity contribution in [1.29, 1.82) is 0 Å². The minimum Gasteiger partial charge on any atom is -0.481 e. The summed E-state index contributed by atoms with van der Waals surface area (Å²) in [5, 5.41) is 11.9. The second-order valence-electron chi connectivity index (χ2n) is 6.26. The third kappa shape index (κ3) is 2.06. The molecule has 1 unspecified atom stereocenters. The maximum absolute atomic E-state index is 12.9. The van der Waals surface area contributed by atoms with E-state index in [1.165, 1.54) is 11.8 Å². The number of carboxylic acids is 1. The molecule has 120 valence electrons. The van der Waals surface area contributed by atoms with Gasteiger partial charge in [-0.05, 0) is 31.4 Å². The van der Waals surface area contributed by atoms with Crippen LogP contribution < -0.4 is 10.2 Å². The van der Waals surface area contributed by atoms with Crippen molar-refractivity contribution < 1.29 is 19.5 Å². The van der Waals surface area contributed by atoms with Gasteiger partial charge in [-0.1, -0.05) is 23.9 Å². The van der Waals surface area contributed by atoms with Crippen molar-refractivity contribution in [3.8, 4) is 0 Å². The van der Waals surface area contributed by atoms with Gasteiger partial charge in [0.2, 0.25) is 5.91 Å². The van der Waals surface area contributed by atoms with E-state index in [-0.39, 0.29) is 23.8 Å². The molecular weight excluding hydrogens is 316 g/mol. The van der Waals surface area contributed by atoms with Gasteiger partial charge in [-0.2, -0.15) is 0 Å². The maximum Gasteiger partial charge on any atom is 0.306 e. The molecule has 4 rings (SSSR count). The summed E-state index contributed by atoms with van der Waals surface area (Å²) in [6.45, 7) is 0. The van der Waals surface area contributed by atoms with Crippen LogP contribution in [0.4, 0.5) is 5.69 Å². The van der Waals surface area contributed by atoms with Crippen LogP contribution in [-0.4, -0.2) is 33.8 Å². The Hall–Kier alpha value is -2.02. The van der Waals surface area contributed by atoms with Gasteiger partial charge in [-0.15, -0.1) is 0 Å². The number of fused-ring (bicyclic) bond motifs is 3. The number of nitrogens with zero attached hydrogens (tertiary/aromatic N) is 1. The van der Waals surface area contributed by atoms with Crippen molar-refractivity contribution in [3.05, 3.63) is 24.3 Å². The Labute approximate surface area is 137 Å². The van der Waals surface area contributed by atoms with Gasteiger partial charge in [0, 0.05) is 17.4 Å². The molecule has 1 atom stereocenters. The summed E-state index contributed by atoms with van der Waals surface area (Å²) in [6, 6.07) is 7.44. The average Bonchev–Trinajstić information content (AvgIpc) is 2.98. The first-order valence-corrected chi connectivity index (χ1v) is 8.48. The second kappa shape index (κ2) is 4.99. The van der Waals surface area contributed by atoms with Crippen molar-refractivity contribution in [2.45, 2.75) is 41.5 Å². The summed E-state index contributed by atoms with van der Waals surface area (Å²) in [6.07, 6.45) is 1.76. The molecule has 6 nitrogen and oxygen atoms in total. The fraction of sp³-hybridized carbons (Fsp3) is 0.438. The number of carbonyl (C=O) groups is 3. The number of carboxylic acid groups (broad SMARTS) is 1. The number of carbonyl (C=O) groups excluding carboxylic acids is 2. The Morgan fingerprint density at radius 1 is 1.30 bits per heavy atom. The molecule has 7 heteroatoms. The van der Waals surface area contributed by atoms with Crippen molar-refractivity contribution >= 4 is 35.2 Å². The average molecular weight is 332 g/mol. The molecular formula is C16H16N2O4S. The molecule has 2 aliphatic heterocycles. The van der Waals surface area contributed by atoms with Crippen molar-refractivity contribution in [2.24, 2.45) is 5.92 Å². The Balaban J connectivity index is 1.55. The highest BCUT2D eigenvalue weighted by Crippen LogP contribution is 2.55. The fourth-order valence-electron chi connectivity index (χ4n) is 3.53. The van der Waals surface area contributed by atoms with Crippen LogP contribution in [0.15, 0.2) is 29.2 Å². The molecule has 2 fully saturated rings. The molecule has 0 aromatic heterocycles. The molecule has 1 aromatic carbocycles. The number of hydrogen-bond acceptors (Lipinski definition) is 4. The van der Waals surface area contributed by atoms with E-state index in [0.717, 1.165) is 10.6 Å². The van der Waals surface area contributed by atoms with E-state index in [1.807, 2.05) is 24.3 Å². The van der Waals surface area contributed by atoms with Crippen LogP contribution in [0.5, 0.6) is 0 Å². The number of rotatable bonds is 3. The molecule has 2 heterocycles. The first-order chi connectivity index (χ1) is 11.0. The number of nitrogens with one attached hydrogen (secondary N) is 1. The fourth-order valence-corrected chi connectivity index (χ4v) is 4.96. The monoisotopic (exact) mass is 332 g/mol. The van der Waals surface area contributed by atoms with Crippen LogP contribution in [-0.2, 0) is 14.4 Å². The van der Waals surface area contributed by atoms with E-state index in [0.29, 0.717) is 25.7 Å². The standard InChI is InChI=1S/C16H16N2O4S/c19-13-5-6-16(15(22)17-10-7-9(8-10)14(20)21)18(13)11-3-1-2-4-12(11)23-16/h1-4,9-10H,5-8H2,(H,17,22)(H,20,21). The van der Waals surface area contributed by atoms with Gasteiger partial charge in [0.05, 0.1) is 11.6 Å². The zero-order valence-electron chi connectivity index (χ0n) is 12.3. The van der Waals surface area contributed by atoms with Gasteiger partial charge in [0.25, 0.3) is 5.91 Å². The predicted octanol–water partition coefficient (Wildman–Crippen LogP) is 1.59. The van der Waals surface area contributed by atoms with Gasteiger partial charge in [-0.3, -0.25) is 19.3 Å². The van der Waals surface area contributed by atoms with E-state index in [2.05, 4.69) is 5.32 Å². The smallest absolute Gasteiger partial charge is 0.306 e. The largest absolute Gasteiger partial charge is 0.481 e. The molecule has 0 radical (unpaired) electrons. The lowest BCUT2D eigenvalue weighted by atomic mass is 9.80. The van der Waals surface area contributed by atoms with Gasteiger partial charge in [0.1, 0.15) is 0 Å². The summed E-state index contributed by atoms with van der Waals surface area (Å²) >= 11 is 1.43. The Morgan fingerprint density at radius 2 is 2.04 bits per heavy atom. The van der Waals surface area contributed by atoms with E-state index in [4.69, 9.17) is 5.11 Å². The zero-order chi connectivity index (χ0) is 16.2. The van der Waals surface area contributed by atoms with Gasteiger partial charge in [0.15, 0.2) is 4.87 Å². The SMILES string of the molecule is O=C(O)C1CC(NC(=O)C23CCC(=O)N2c2ccccc2S3)C1. The lowest BCUT2D eigenvalue weighted by Crippen LogP contribution is -2.57. The molecule has 3 aliphatic rings. The third-order valence-corrected chi connectivity index (χ3v) is 6.33. The number of benzene rings is 1. The number of thioether (sulfide) groups is 1. The molecule has 1 saturated carbocycles. The highest BCUT2D eigenvalue weighted by molar-refractivity contribution is 8.02. The van der Waals surface area contributed by atoms with E-state index < -0.39 is 10.8 Å². The molecule has 0 bridgehead atoms. The highest BCUT2D eigenvalue weighted by Gasteiger charge is 2.57. The molecule has 2 N–H and O–H groups in total. The van der Waals surface area contributed by atoms with Crippen LogP contribution in [0.2, 0.25) is 0 Å².